The predicted octanol–water partition coefficient (Wildman–Crippen LogP) is 2.17. The molecule has 0 aliphatic carbocycles. The van der Waals surface area contributed by atoms with Gasteiger partial charge in [0.05, 0.1) is 19.5 Å². The largest absolute Gasteiger partial charge is 0.479 e. The molecular formula is C22H25N9O4S. The van der Waals surface area contributed by atoms with E-state index in [1.165, 1.54) is 25.1 Å². The van der Waals surface area contributed by atoms with Gasteiger partial charge in [0.25, 0.3) is 0 Å². The number of pyridine rings is 1. The van der Waals surface area contributed by atoms with Crippen LogP contribution in [-0.2, 0) is 10.0 Å². The molecule has 0 amide bonds. The van der Waals surface area contributed by atoms with Gasteiger partial charge in [0.15, 0.2) is 11.5 Å². The number of nitrogens with zero attached hydrogens (tertiary/aromatic N) is 8. The second-order valence-electron chi connectivity index (χ2n) is 7.90. The third kappa shape index (κ3) is 4.79. The van der Waals surface area contributed by atoms with E-state index in [1.54, 1.807) is 50.6 Å². The lowest BCUT2D eigenvalue weighted by atomic mass is 10.1. The second kappa shape index (κ2) is 10.2. The smallest absolute Gasteiger partial charge is 0.245 e. The van der Waals surface area contributed by atoms with Crippen LogP contribution >= 0.6 is 0 Å². The molecule has 0 fully saturated rings. The number of sulfonamides is 1. The Morgan fingerprint density at radius 1 is 0.944 bits per heavy atom. The highest BCUT2D eigenvalue weighted by atomic mass is 32.2. The van der Waals surface area contributed by atoms with E-state index in [9.17, 15) is 8.42 Å². The van der Waals surface area contributed by atoms with E-state index in [0.717, 1.165) is 5.56 Å². The summed E-state index contributed by atoms with van der Waals surface area (Å²) in [4.78, 5) is 21.2. The number of hydrogen-bond donors (Lipinski definition) is 1. The SMILES string of the molecule is COc1ncnc(OC)c1-n1c(NS(=O)(=O)[C@@H](C)[C@H](C)c2ncc(C)cn2)nnc1-c1ccccn1. The fourth-order valence-corrected chi connectivity index (χ4v) is 4.63. The monoisotopic (exact) mass is 511 g/mol. The Bertz CT molecular complexity index is 1420. The summed E-state index contributed by atoms with van der Waals surface area (Å²) in [6.07, 6.45) is 6.14. The topological polar surface area (TPSA) is 160 Å². The van der Waals surface area contributed by atoms with E-state index in [2.05, 4.69) is 39.8 Å². The van der Waals surface area contributed by atoms with Crippen LogP contribution in [0.15, 0.2) is 43.1 Å². The molecule has 0 aliphatic heterocycles. The Hall–Kier alpha value is -4.20. The molecule has 0 unspecified atom stereocenters. The van der Waals surface area contributed by atoms with Crippen molar-refractivity contribution in [3.05, 3.63) is 54.5 Å². The summed E-state index contributed by atoms with van der Waals surface area (Å²) in [5, 5.41) is 7.40. The second-order valence-corrected chi connectivity index (χ2v) is 9.94. The number of aryl methyl sites for hydroxylation is 1. The summed E-state index contributed by atoms with van der Waals surface area (Å²) < 4.78 is 41.7. The minimum Gasteiger partial charge on any atom is -0.479 e. The molecule has 4 rings (SSSR count). The Balaban J connectivity index is 1.81. The maximum Gasteiger partial charge on any atom is 0.245 e. The number of hydrogen-bond acceptors (Lipinski definition) is 11. The number of ether oxygens (including phenoxy) is 2. The summed E-state index contributed by atoms with van der Waals surface area (Å²) in [5.74, 6) is 0.239. The number of nitrogens with one attached hydrogen (secondary N) is 1. The standard InChI is InChI=1S/C22H25N9O4S/c1-13-10-24-18(25-11-13)14(2)15(3)36(32,33)30-22-29-28-19(16-8-6-7-9-23-16)31(22)17-20(34-4)26-12-27-21(17)35-5/h6-12,14-15H,1-5H3,(H,29,30)/t14-,15-/m0/s1. The lowest BCUT2D eigenvalue weighted by Crippen LogP contribution is -2.31. The maximum absolute atomic E-state index is 13.5. The van der Waals surface area contributed by atoms with Crippen molar-refractivity contribution in [3.63, 3.8) is 0 Å². The molecule has 0 aromatic carbocycles. The van der Waals surface area contributed by atoms with Gasteiger partial charge in [-0.25, -0.2) is 23.0 Å². The Labute approximate surface area is 208 Å². The molecule has 4 aromatic heterocycles. The van der Waals surface area contributed by atoms with Gasteiger partial charge in [0, 0.05) is 24.5 Å². The van der Waals surface area contributed by atoms with E-state index < -0.39 is 21.2 Å². The fraction of sp³-hybridized carbons (Fsp3) is 0.318. The Kier molecular flexibility index (Phi) is 7.05. The van der Waals surface area contributed by atoms with Crippen molar-refractivity contribution in [2.75, 3.05) is 18.9 Å². The number of methoxy groups -OCH3 is 2. The van der Waals surface area contributed by atoms with Crippen molar-refractivity contribution in [1.29, 1.82) is 0 Å². The molecule has 4 heterocycles. The van der Waals surface area contributed by atoms with Gasteiger partial charge in [-0.2, -0.15) is 9.97 Å². The normalized spacial score (nSPS) is 13.1. The molecule has 1 N–H and O–H groups in total. The molecule has 0 saturated heterocycles. The van der Waals surface area contributed by atoms with Crippen LogP contribution in [0.5, 0.6) is 11.8 Å². The first kappa shape index (κ1) is 24.9. The van der Waals surface area contributed by atoms with Gasteiger partial charge < -0.3 is 9.47 Å². The lowest BCUT2D eigenvalue weighted by Gasteiger charge is -2.21. The van der Waals surface area contributed by atoms with E-state index in [4.69, 9.17) is 9.47 Å². The third-order valence-electron chi connectivity index (χ3n) is 5.56. The van der Waals surface area contributed by atoms with Crippen molar-refractivity contribution >= 4 is 16.0 Å². The molecule has 188 valence electrons. The number of anilines is 1. The highest BCUT2D eigenvalue weighted by molar-refractivity contribution is 7.93. The zero-order chi connectivity index (χ0) is 25.9. The van der Waals surface area contributed by atoms with Crippen LogP contribution in [0.2, 0.25) is 0 Å². The highest BCUT2D eigenvalue weighted by Crippen LogP contribution is 2.35. The van der Waals surface area contributed by atoms with Gasteiger partial charge in [-0.1, -0.05) is 13.0 Å². The summed E-state index contributed by atoms with van der Waals surface area (Å²) in [5.41, 5.74) is 1.51. The van der Waals surface area contributed by atoms with Gasteiger partial charge >= 0.3 is 0 Å². The molecule has 0 bridgehead atoms. The highest BCUT2D eigenvalue weighted by Gasteiger charge is 2.33. The number of rotatable bonds is 9. The van der Waals surface area contributed by atoms with E-state index in [1.807, 2.05) is 6.92 Å². The van der Waals surface area contributed by atoms with Crippen molar-refractivity contribution in [2.24, 2.45) is 0 Å². The summed E-state index contributed by atoms with van der Waals surface area (Å²) >= 11 is 0. The first-order chi connectivity index (χ1) is 17.3. The van der Waals surface area contributed by atoms with Crippen LogP contribution in [0.4, 0.5) is 5.95 Å². The van der Waals surface area contributed by atoms with Crippen LogP contribution < -0.4 is 14.2 Å². The molecule has 2 atom stereocenters. The molecular weight excluding hydrogens is 486 g/mol. The summed E-state index contributed by atoms with van der Waals surface area (Å²) in [6, 6.07) is 5.23. The zero-order valence-corrected chi connectivity index (χ0v) is 21.1. The summed E-state index contributed by atoms with van der Waals surface area (Å²) in [7, 11) is -1.16. The Morgan fingerprint density at radius 2 is 1.61 bits per heavy atom. The van der Waals surface area contributed by atoms with Crippen LogP contribution in [0.1, 0.15) is 31.2 Å². The zero-order valence-electron chi connectivity index (χ0n) is 20.3. The van der Waals surface area contributed by atoms with Gasteiger partial charge in [0.2, 0.25) is 27.7 Å². The van der Waals surface area contributed by atoms with Gasteiger partial charge in [0.1, 0.15) is 17.8 Å². The average Bonchev–Trinajstić information content (AvgIpc) is 3.30. The molecule has 0 saturated carbocycles. The van der Waals surface area contributed by atoms with Crippen molar-refractivity contribution in [3.8, 4) is 29.0 Å². The minimum absolute atomic E-state index is 0.119. The molecule has 0 aliphatic rings. The summed E-state index contributed by atoms with van der Waals surface area (Å²) in [6.45, 7) is 5.18. The number of aromatic nitrogens is 8. The molecule has 36 heavy (non-hydrogen) atoms. The molecule has 14 heteroatoms. The van der Waals surface area contributed by atoms with Crippen LogP contribution in [0.25, 0.3) is 17.2 Å². The molecule has 0 spiro atoms. The van der Waals surface area contributed by atoms with Gasteiger partial charge in [-0.15, -0.1) is 10.2 Å². The quantitative estimate of drug-likeness (QED) is 0.351. The van der Waals surface area contributed by atoms with Crippen LogP contribution in [0.3, 0.4) is 0 Å². The first-order valence-corrected chi connectivity index (χ1v) is 12.4. The lowest BCUT2D eigenvalue weighted by molar-refractivity contribution is 0.368. The molecule has 13 nitrogen and oxygen atoms in total. The first-order valence-electron chi connectivity index (χ1n) is 10.9. The van der Waals surface area contributed by atoms with E-state index in [-0.39, 0.29) is 29.2 Å². The predicted molar refractivity (Wildman–Crippen MR) is 130 cm³/mol. The van der Waals surface area contributed by atoms with Crippen molar-refractivity contribution < 1.29 is 17.9 Å². The van der Waals surface area contributed by atoms with Crippen molar-refractivity contribution in [1.82, 2.24) is 39.7 Å². The van der Waals surface area contributed by atoms with Crippen LogP contribution in [0, 0.1) is 6.92 Å². The van der Waals surface area contributed by atoms with Crippen molar-refractivity contribution in [2.45, 2.75) is 31.9 Å². The van der Waals surface area contributed by atoms with Gasteiger partial charge in [-0.3, -0.25) is 9.71 Å². The van der Waals surface area contributed by atoms with E-state index >= 15 is 0 Å². The molecule has 4 aromatic rings. The fourth-order valence-electron chi connectivity index (χ4n) is 3.40. The van der Waals surface area contributed by atoms with E-state index in [0.29, 0.717) is 11.5 Å². The Morgan fingerprint density at radius 3 is 2.19 bits per heavy atom. The minimum atomic E-state index is -4.01. The third-order valence-corrected chi connectivity index (χ3v) is 7.41. The van der Waals surface area contributed by atoms with Gasteiger partial charge in [-0.05, 0) is 31.5 Å². The van der Waals surface area contributed by atoms with Crippen LogP contribution in [-0.4, -0.2) is 67.6 Å². The maximum atomic E-state index is 13.5. The molecule has 0 radical (unpaired) electrons. The average molecular weight is 512 g/mol.